The van der Waals surface area contributed by atoms with Gasteiger partial charge in [0.2, 0.25) is 5.91 Å². The van der Waals surface area contributed by atoms with Gasteiger partial charge in [-0.05, 0) is 42.3 Å². The molecule has 4 nitrogen and oxygen atoms in total. The van der Waals surface area contributed by atoms with Gasteiger partial charge in [0.1, 0.15) is 11.5 Å². The van der Waals surface area contributed by atoms with Crippen molar-refractivity contribution in [2.24, 2.45) is 0 Å². The number of hydrogen-bond acceptors (Lipinski definition) is 3. The number of ether oxygens (including phenoxy) is 2. The first kappa shape index (κ1) is 18.1. The lowest BCUT2D eigenvalue weighted by atomic mass is 10.0. The van der Waals surface area contributed by atoms with E-state index in [1.807, 2.05) is 31.2 Å². The molecule has 1 atom stereocenters. The van der Waals surface area contributed by atoms with E-state index in [1.165, 1.54) is 0 Å². The van der Waals surface area contributed by atoms with E-state index in [9.17, 15) is 4.79 Å². The molecular weight excluding hydrogens is 326 g/mol. The number of methoxy groups -OCH3 is 2. The van der Waals surface area contributed by atoms with Gasteiger partial charge >= 0.3 is 0 Å². The van der Waals surface area contributed by atoms with Crippen LogP contribution >= 0.6 is 11.6 Å². The van der Waals surface area contributed by atoms with E-state index in [0.29, 0.717) is 10.8 Å². The molecule has 2 aromatic rings. The topological polar surface area (TPSA) is 47.6 Å². The molecule has 0 bridgehead atoms. The summed E-state index contributed by atoms with van der Waals surface area (Å²) in [4.78, 5) is 12.4. The van der Waals surface area contributed by atoms with Crippen molar-refractivity contribution in [3.63, 3.8) is 0 Å². The van der Waals surface area contributed by atoms with Crippen molar-refractivity contribution in [2.45, 2.75) is 25.8 Å². The maximum absolute atomic E-state index is 12.4. The molecule has 0 aliphatic heterocycles. The van der Waals surface area contributed by atoms with Crippen molar-refractivity contribution < 1.29 is 14.3 Å². The van der Waals surface area contributed by atoms with E-state index in [4.69, 9.17) is 21.1 Å². The van der Waals surface area contributed by atoms with Crippen molar-refractivity contribution in [3.05, 3.63) is 58.6 Å². The lowest BCUT2D eigenvalue weighted by Gasteiger charge is -2.18. The maximum Gasteiger partial charge on any atom is 0.225 e. The first-order valence-electron chi connectivity index (χ1n) is 7.83. The molecule has 0 heterocycles. The number of carbonyl (C=O) groups is 1. The van der Waals surface area contributed by atoms with Crippen molar-refractivity contribution in [1.82, 2.24) is 5.32 Å². The average molecular weight is 348 g/mol. The van der Waals surface area contributed by atoms with Crippen molar-refractivity contribution in [2.75, 3.05) is 14.2 Å². The fourth-order valence-electron chi connectivity index (χ4n) is 2.56. The summed E-state index contributed by atoms with van der Waals surface area (Å²) in [6, 6.07) is 12.9. The van der Waals surface area contributed by atoms with Crippen LogP contribution < -0.4 is 14.8 Å². The molecule has 0 aromatic heterocycles. The molecule has 2 aromatic carbocycles. The lowest BCUT2D eigenvalue weighted by Crippen LogP contribution is -2.29. The van der Waals surface area contributed by atoms with Crippen molar-refractivity contribution in [3.8, 4) is 11.5 Å². The van der Waals surface area contributed by atoms with Gasteiger partial charge in [-0.1, -0.05) is 30.7 Å². The second-order valence-electron chi connectivity index (χ2n) is 5.43. The standard InChI is InChI=1S/C19H22ClNO3/c1-4-17(13-5-8-16(23-2)9-6-13)21-19(22)12-14-11-15(20)7-10-18(14)24-3/h5-11,17H,4,12H2,1-3H3,(H,21,22). The second-order valence-corrected chi connectivity index (χ2v) is 5.87. The summed E-state index contributed by atoms with van der Waals surface area (Å²) in [6.07, 6.45) is 1.02. The number of halogens is 1. The zero-order valence-electron chi connectivity index (χ0n) is 14.1. The van der Waals surface area contributed by atoms with E-state index in [0.717, 1.165) is 23.3 Å². The number of carbonyl (C=O) groups excluding carboxylic acids is 1. The van der Waals surface area contributed by atoms with Gasteiger partial charge in [-0.25, -0.2) is 0 Å². The lowest BCUT2D eigenvalue weighted by molar-refractivity contribution is -0.121. The smallest absolute Gasteiger partial charge is 0.225 e. The molecule has 0 aliphatic rings. The van der Waals surface area contributed by atoms with Gasteiger partial charge < -0.3 is 14.8 Å². The molecule has 2 rings (SSSR count). The van der Waals surface area contributed by atoms with E-state index in [1.54, 1.807) is 32.4 Å². The van der Waals surface area contributed by atoms with E-state index >= 15 is 0 Å². The second kappa shape index (κ2) is 8.60. The molecule has 1 unspecified atom stereocenters. The van der Waals surface area contributed by atoms with Crippen LogP contribution in [0.25, 0.3) is 0 Å². The normalized spacial score (nSPS) is 11.7. The fourth-order valence-corrected chi connectivity index (χ4v) is 2.76. The van der Waals surface area contributed by atoms with Crippen molar-refractivity contribution in [1.29, 1.82) is 0 Å². The zero-order chi connectivity index (χ0) is 17.5. The molecule has 0 spiro atoms. The Morgan fingerprint density at radius 3 is 2.42 bits per heavy atom. The fraction of sp³-hybridized carbons (Fsp3) is 0.316. The molecule has 0 radical (unpaired) electrons. The highest BCUT2D eigenvalue weighted by Crippen LogP contribution is 2.24. The zero-order valence-corrected chi connectivity index (χ0v) is 14.9. The minimum absolute atomic E-state index is 0.0476. The third kappa shape index (κ3) is 4.65. The van der Waals surface area contributed by atoms with Crippen LogP contribution in [0, 0.1) is 0 Å². The van der Waals surface area contributed by atoms with Crippen LogP contribution in [0.15, 0.2) is 42.5 Å². The number of amides is 1. The summed E-state index contributed by atoms with van der Waals surface area (Å²) in [5.41, 5.74) is 1.82. The van der Waals surface area contributed by atoms with Gasteiger partial charge in [0.25, 0.3) is 0 Å². The predicted octanol–water partition coefficient (Wildman–Crippen LogP) is 4.17. The van der Waals surface area contributed by atoms with Crippen LogP contribution in [0.3, 0.4) is 0 Å². The Balaban J connectivity index is 2.07. The van der Waals surface area contributed by atoms with Gasteiger partial charge in [0, 0.05) is 10.6 Å². The molecule has 5 heteroatoms. The largest absolute Gasteiger partial charge is 0.497 e. The van der Waals surface area contributed by atoms with E-state index < -0.39 is 0 Å². The molecule has 24 heavy (non-hydrogen) atoms. The molecule has 1 N–H and O–H groups in total. The summed E-state index contributed by atoms with van der Waals surface area (Å²) in [5, 5.41) is 3.65. The Morgan fingerprint density at radius 2 is 1.83 bits per heavy atom. The highest BCUT2D eigenvalue weighted by Gasteiger charge is 2.15. The van der Waals surface area contributed by atoms with Gasteiger partial charge in [-0.15, -0.1) is 0 Å². The highest BCUT2D eigenvalue weighted by molar-refractivity contribution is 6.30. The van der Waals surface area contributed by atoms with Gasteiger partial charge in [-0.3, -0.25) is 4.79 Å². The molecule has 0 saturated heterocycles. The Bertz CT molecular complexity index is 686. The van der Waals surface area contributed by atoms with Crippen LogP contribution in [0.4, 0.5) is 0 Å². The van der Waals surface area contributed by atoms with E-state index in [-0.39, 0.29) is 18.4 Å². The third-order valence-corrected chi connectivity index (χ3v) is 4.09. The van der Waals surface area contributed by atoms with Gasteiger partial charge in [-0.2, -0.15) is 0 Å². The summed E-state index contributed by atoms with van der Waals surface area (Å²) in [6.45, 7) is 2.04. The highest BCUT2D eigenvalue weighted by atomic mass is 35.5. The number of nitrogens with one attached hydrogen (secondary N) is 1. The Morgan fingerprint density at radius 1 is 1.12 bits per heavy atom. The minimum atomic E-state index is -0.0711. The van der Waals surface area contributed by atoms with Crippen molar-refractivity contribution >= 4 is 17.5 Å². The Kier molecular flexibility index (Phi) is 6.50. The molecule has 128 valence electrons. The van der Waals surface area contributed by atoms with E-state index in [2.05, 4.69) is 5.32 Å². The third-order valence-electron chi connectivity index (χ3n) is 3.86. The molecular formula is C19H22ClNO3. The summed E-state index contributed by atoms with van der Waals surface area (Å²) in [5.74, 6) is 1.38. The SMILES string of the molecule is CCC(NC(=O)Cc1cc(Cl)ccc1OC)c1ccc(OC)cc1. The number of rotatable bonds is 7. The summed E-state index contributed by atoms with van der Waals surface area (Å²) >= 11 is 6.02. The Hall–Kier alpha value is -2.20. The monoisotopic (exact) mass is 347 g/mol. The first-order chi connectivity index (χ1) is 11.6. The van der Waals surface area contributed by atoms with Crippen LogP contribution in [0.2, 0.25) is 5.02 Å². The van der Waals surface area contributed by atoms with Gasteiger partial charge in [0.15, 0.2) is 0 Å². The average Bonchev–Trinajstić information content (AvgIpc) is 2.60. The first-order valence-corrected chi connectivity index (χ1v) is 8.21. The molecule has 0 aliphatic carbocycles. The predicted molar refractivity (Wildman–Crippen MR) is 95.9 cm³/mol. The minimum Gasteiger partial charge on any atom is -0.497 e. The van der Waals surface area contributed by atoms with Crippen LogP contribution in [0.5, 0.6) is 11.5 Å². The van der Waals surface area contributed by atoms with Crippen LogP contribution in [-0.4, -0.2) is 20.1 Å². The number of hydrogen-bond donors (Lipinski definition) is 1. The van der Waals surface area contributed by atoms with Crippen LogP contribution in [0.1, 0.15) is 30.5 Å². The Labute approximate surface area is 147 Å². The maximum atomic E-state index is 12.4. The molecule has 1 amide bonds. The summed E-state index contributed by atoms with van der Waals surface area (Å²) < 4.78 is 10.5. The number of benzene rings is 2. The summed E-state index contributed by atoms with van der Waals surface area (Å²) in [7, 11) is 3.21. The quantitative estimate of drug-likeness (QED) is 0.817. The van der Waals surface area contributed by atoms with Gasteiger partial charge in [0.05, 0.1) is 26.7 Å². The molecule has 0 saturated carbocycles. The van der Waals surface area contributed by atoms with Crippen LogP contribution in [-0.2, 0) is 11.2 Å². The molecule has 0 fully saturated rings.